The molecule has 0 amide bonds. The average Bonchev–Trinajstić information content (AvgIpc) is 2.85. The number of nitrogens with zero attached hydrogens (tertiary/aromatic N) is 2. The van der Waals surface area contributed by atoms with Crippen LogP contribution in [0.5, 0.6) is 0 Å². The maximum atomic E-state index is 5.65. The van der Waals surface area contributed by atoms with Crippen molar-refractivity contribution in [1.82, 2.24) is 15.5 Å². The van der Waals surface area contributed by atoms with Crippen molar-refractivity contribution in [1.29, 1.82) is 0 Å². The van der Waals surface area contributed by atoms with Crippen molar-refractivity contribution < 1.29 is 9.26 Å². The van der Waals surface area contributed by atoms with E-state index in [4.69, 9.17) is 9.26 Å². The molecule has 5 heteroatoms. The predicted octanol–water partition coefficient (Wildman–Crippen LogP) is 2.88. The van der Waals surface area contributed by atoms with Crippen LogP contribution in [-0.2, 0) is 11.2 Å². The first-order valence-electron chi connectivity index (χ1n) is 7.38. The van der Waals surface area contributed by atoms with E-state index in [1.807, 2.05) is 6.92 Å². The summed E-state index contributed by atoms with van der Waals surface area (Å²) in [7, 11) is 0. The monoisotopic (exact) mass is 269 g/mol. The number of hydrogen-bond acceptors (Lipinski definition) is 5. The van der Waals surface area contributed by atoms with Crippen molar-refractivity contribution in [3.8, 4) is 0 Å². The van der Waals surface area contributed by atoms with Gasteiger partial charge in [-0.2, -0.15) is 4.98 Å². The van der Waals surface area contributed by atoms with E-state index in [1.54, 1.807) is 0 Å². The quantitative estimate of drug-likeness (QED) is 0.707. The van der Waals surface area contributed by atoms with E-state index in [0.29, 0.717) is 24.4 Å². The largest absolute Gasteiger partial charge is 0.370 e. The first-order chi connectivity index (χ1) is 9.21. The highest BCUT2D eigenvalue weighted by molar-refractivity contribution is 4.92. The molecule has 0 fully saturated rings. The van der Waals surface area contributed by atoms with E-state index in [-0.39, 0.29) is 6.10 Å². The zero-order valence-corrected chi connectivity index (χ0v) is 12.6. The van der Waals surface area contributed by atoms with Gasteiger partial charge in [0.15, 0.2) is 0 Å². The normalized spacial score (nSPS) is 14.5. The lowest BCUT2D eigenvalue weighted by molar-refractivity contribution is 0.0477. The van der Waals surface area contributed by atoms with Gasteiger partial charge in [0.25, 0.3) is 0 Å². The fourth-order valence-corrected chi connectivity index (χ4v) is 2.04. The van der Waals surface area contributed by atoms with Crippen molar-refractivity contribution in [2.45, 2.75) is 65.5 Å². The summed E-state index contributed by atoms with van der Waals surface area (Å²) >= 11 is 0. The number of rotatable bonds is 10. The van der Waals surface area contributed by atoms with Crippen LogP contribution in [0.15, 0.2) is 4.52 Å². The van der Waals surface area contributed by atoms with Gasteiger partial charge in [0.1, 0.15) is 6.10 Å². The highest BCUT2D eigenvalue weighted by Gasteiger charge is 2.17. The zero-order valence-electron chi connectivity index (χ0n) is 12.6. The lowest BCUT2D eigenvalue weighted by Crippen LogP contribution is -2.25. The van der Waals surface area contributed by atoms with Crippen LogP contribution in [0.4, 0.5) is 0 Å². The Morgan fingerprint density at radius 2 is 2.05 bits per heavy atom. The topological polar surface area (TPSA) is 60.2 Å². The Balaban J connectivity index is 2.50. The third kappa shape index (κ3) is 5.70. The number of nitrogens with one attached hydrogen (secondary N) is 1. The van der Waals surface area contributed by atoms with Crippen molar-refractivity contribution >= 4 is 0 Å². The van der Waals surface area contributed by atoms with E-state index in [9.17, 15) is 0 Å². The standard InChI is InChI=1S/C14H27N3O2/c1-5-8-12(18-7-3)14-16-13(19-17-14)10-9-11(4)15-6-2/h11-12,15H,5-10H2,1-4H3. The molecule has 0 spiro atoms. The van der Waals surface area contributed by atoms with Crippen LogP contribution < -0.4 is 5.32 Å². The number of ether oxygens (including phenoxy) is 1. The molecule has 5 nitrogen and oxygen atoms in total. The molecule has 19 heavy (non-hydrogen) atoms. The summed E-state index contributed by atoms with van der Waals surface area (Å²) in [6.07, 6.45) is 3.76. The van der Waals surface area contributed by atoms with Gasteiger partial charge in [-0.15, -0.1) is 0 Å². The number of hydrogen-bond donors (Lipinski definition) is 1. The highest BCUT2D eigenvalue weighted by Crippen LogP contribution is 2.20. The van der Waals surface area contributed by atoms with Gasteiger partial charge in [-0.1, -0.05) is 25.4 Å². The molecule has 1 rings (SSSR count). The minimum atomic E-state index is -0.0290. The molecule has 0 aromatic carbocycles. The van der Waals surface area contributed by atoms with Crippen LogP contribution in [0.2, 0.25) is 0 Å². The molecule has 0 aliphatic rings. The molecule has 2 atom stereocenters. The summed E-state index contributed by atoms with van der Waals surface area (Å²) < 4.78 is 10.9. The Morgan fingerprint density at radius 3 is 2.68 bits per heavy atom. The maximum Gasteiger partial charge on any atom is 0.226 e. The summed E-state index contributed by atoms with van der Waals surface area (Å²) in [6, 6.07) is 0.471. The molecule has 0 radical (unpaired) electrons. The maximum absolute atomic E-state index is 5.65. The highest BCUT2D eigenvalue weighted by atomic mass is 16.5. The van der Waals surface area contributed by atoms with Crippen molar-refractivity contribution in [2.75, 3.05) is 13.2 Å². The molecular formula is C14H27N3O2. The van der Waals surface area contributed by atoms with E-state index < -0.39 is 0 Å². The minimum absolute atomic E-state index is 0.0290. The second kappa shape index (κ2) is 9.04. The Bertz CT molecular complexity index is 335. The summed E-state index contributed by atoms with van der Waals surface area (Å²) in [4.78, 5) is 4.45. The molecule has 1 N–H and O–H groups in total. The predicted molar refractivity (Wildman–Crippen MR) is 75.0 cm³/mol. The molecule has 0 bridgehead atoms. The molecule has 2 unspecified atom stereocenters. The zero-order chi connectivity index (χ0) is 14.1. The second-order valence-corrected chi connectivity index (χ2v) is 4.78. The van der Waals surface area contributed by atoms with Crippen LogP contribution in [0, 0.1) is 0 Å². The smallest absolute Gasteiger partial charge is 0.226 e. The molecule has 110 valence electrons. The third-order valence-corrected chi connectivity index (χ3v) is 3.03. The van der Waals surface area contributed by atoms with Gasteiger partial charge in [0.2, 0.25) is 11.7 Å². The Labute approximate surface area is 116 Å². The first kappa shape index (κ1) is 16.1. The van der Waals surface area contributed by atoms with Crippen molar-refractivity contribution in [3.63, 3.8) is 0 Å². The van der Waals surface area contributed by atoms with E-state index in [1.165, 1.54) is 0 Å². The molecular weight excluding hydrogens is 242 g/mol. The summed E-state index contributed by atoms with van der Waals surface area (Å²) in [5.74, 6) is 1.40. The van der Waals surface area contributed by atoms with Gasteiger partial charge in [-0.05, 0) is 33.2 Å². The molecule has 0 saturated heterocycles. The van der Waals surface area contributed by atoms with Gasteiger partial charge in [-0.3, -0.25) is 0 Å². The summed E-state index contributed by atoms with van der Waals surface area (Å²) in [5.41, 5.74) is 0. The van der Waals surface area contributed by atoms with Crippen LogP contribution in [0.3, 0.4) is 0 Å². The van der Waals surface area contributed by atoms with Crippen LogP contribution in [-0.4, -0.2) is 29.3 Å². The van der Waals surface area contributed by atoms with Gasteiger partial charge >= 0.3 is 0 Å². The number of aromatic nitrogens is 2. The van der Waals surface area contributed by atoms with Crippen LogP contribution in [0.1, 0.15) is 64.8 Å². The lowest BCUT2D eigenvalue weighted by atomic mass is 10.2. The second-order valence-electron chi connectivity index (χ2n) is 4.78. The first-order valence-corrected chi connectivity index (χ1v) is 7.38. The third-order valence-electron chi connectivity index (χ3n) is 3.03. The fraction of sp³-hybridized carbons (Fsp3) is 0.857. The number of aryl methyl sites for hydroxylation is 1. The minimum Gasteiger partial charge on any atom is -0.370 e. The van der Waals surface area contributed by atoms with E-state index in [0.717, 1.165) is 32.2 Å². The average molecular weight is 269 g/mol. The van der Waals surface area contributed by atoms with Crippen molar-refractivity contribution in [3.05, 3.63) is 11.7 Å². The molecule has 0 saturated carbocycles. The molecule has 0 aliphatic carbocycles. The van der Waals surface area contributed by atoms with Crippen LogP contribution in [0.25, 0.3) is 0 Å². The van der Waals surface area contributed by atoms with Gasteiger partial charge < -0.3 is 14.6 Å². The Kier molecular flexibility index (Phi) is 7.67. The van der Waals surface area contributed by atoms with E-state index in [2.05, 4.69) is 36.2 Å². The lowest BCUT2D eigenvalue weighted by Gasteiger charge is -2.11. The molecule has 0 aliphatic heterocycles. The Hall–Kier alpha value is -0.940. The van der Waals surface area contributed by atoms with Gasteiger partial charge in [-0.25, -0.2) is 0 Å². The summed E-state index contributed by atoms with van der Waals surface area (Å²) in [6.45, 7) is 10.1. The summed E-state index contributed by atoms with van der Waals surface area (Å²) in [5, 5.41) is 7.42. The van der Waals surface area contributed by atoms with Crippen molar-refractivity contribution in [2.24, 2.45) is 0 Å². The SMILES string of the molecule is CCCC(OCC)c1noc(CCC(C)NCC)n1. The fourth-order valence-electron chi connectivity index (χ4n) is 2.04. The van der Waals surface area contributed by atoms with E-state index >= 15 is 0 Å². The van der Waals surface area contributed by atoms with Crippen LogP contribution >= 0.6 is 0 Å². The Morgan fingerprint density at radius 1 is 1.26 bits per heavy atom. The van der Waals surface area contributed by atoms with Gasteiger partial charge in [0.05, 0.1) is 0 Å². The molecule has 1 heterocycles. The van der Waals surface area contributed by atoms with Gasteiger partial charge in [0, 0.05) is 19.1 Å². The molecule has 1 aromatic rings. The molecule has 1 aromatic heterocycles.